The number of rotatable bonds is 5. The largest absolute Gasteiger partial charge is 0.506 e. The van der Waals surface area contributed by atoms with Gasteiger partial charge >= 0.3 is 5.97 Å². The second kappa shape index (κ2) is 8.67. The minimum atomic E-state index is -0.711. The Labute approximate surface area is 150 Å². The molecule has 6 heteroatoms. The van der Waals surface area contributed by atoms with Crippen LogP contribution in [-0.4, -0.2) is 23.9 Å². The summed E-state index contributed by atoms with van der Waals surface area (Å²) in [7, 11) is 0. The lowest BCUT2D eigenvalue weighted by Crippen LogP contribution is -2.11. The van der Waals surface area contributed by atoms with E-state index >= 15 is 0 Å². The molecule has 0 spiro atoms. The van der Waals surface area contributed by atoms with Crippen LogP contribution in [0.4, 0.5) is 5.69 Å². The Morgan fingerprint density at radius 2 is 1.96 bits per heavy atom. The minimum absolute atomic E-state index is 0.112. The van der Waals surface area contributed by atoms with Crippen molar-refractivity contribution in [2.75, 3.05) is 6.61 Å². The van der Waals surface area contributed by atoms with Gasteiger partial charge in [0.25, 0.3) is 0 Å². The van der Waals surface area contributed by atoms with Crippen molar-refractivity contribution in [1.29, 1.82) is 5.26 Å². The fraction of sp³-hybridized carbons (Fsp3) is 0.105. The van der Waals surface area contributed by atoms with Gasteiger partial charge in [0.05, 0.1) is 28.9 Å². The van der Waals surface area contributed by atoms with Gasteiger partial charge in [-0.25, -0.2) is 4.79 Å². The average molecular weight is 355 g/mol. The molecule has 0 amide bonds. The summed E-state index contributed by atoms with van der Waals surface area (Å²) >= 11 is 6.07. The van der Waals surface area contributed by atoms with Crippen molar-refractivity contribution < 1.29 is 14.6 Å². The molecule has 0 atom stereocenters. The molecular formula is C19H15ClN2O3. The Bertz CT molecular complexity index is 865. The van der Waals surface area contributed by atoms with Crippen LogP contribution in [0, 0.1) is 11.3 Å². The second-order valence-electron chi connectivity index (χ2n) is 4.88. The molecule has 5 nitrogen and oxygen atoms in total. The van der Waals surface area contributed by atoms with Gasteiger partial charge < -0.3 is 9.84 Å². The molecular weight excluding hydrogens is 340 g/mol. The van der Waals surface area contributed by atoms with E-state index in [-0.39, 0.29) is 17.9 Å². The number of aliphatic hydroxyl groups is 1. The van der Waals surface area contributed by atoms with Crippen LogP contribution in [0.15, 0.2) is 59.1 Å². The summed E-state index contributed by atoms with van der Waals surface area (Å²) in [5.74, 6) is -1.03. The summed E-state index contributed by atoms with van der Waals surface area (Å²) in [6, 6.07) is 15.1. The number of aliphatic imine (C=N–C) groups is 1. The molecule has 0 aromatic heterocycles. The van der Waals surface area contributed by atoms with E-state index in [1.165, 1.54) is 6.21 Å². The zero-order valence-corrected chi connectivity index (χ0v) is 14.2. The van der Waals surface area contributed by atoms with E-state index in [4.69, 9.17) is 21.6 Å². The fourth-order valence-electron chi connectivity index (χ4n) is 1.98. The molecule has 0 fully saturated rings. The predicted octanol–water partition coefficient (Wildman–Crippen LogP) is 4.45. The van der Waals surface area contributed by atoms with Crippen LogP contribution in [0.25, 0.3) is 5.76 Å². The molecule has 2 aromatic carbocycles. The van der Waals surface area contributed by atoms with Crippen LogP contribution in [-0.2, 0) is 9.53 Å². The van der Waals surface area contributed by atoms with Gasteiger partial charge in [0.2, 0.25) is 0 Å². The van der Waals surface area contributed by atoms with Gasteiger partial charge in [-0.05, 0) is 43.3 Å². The second-order valence-corrected chi connectivity index (χ2v) is 5.29. The Hall–Kier alpha value is -3.10. The third-order valence-electron chi connectivity index (χ3n) is 3.22. The molecule has 0 aliphatic rings. The molecule has 0 unspecified atom stereocenters. The molecule has 0 heterocycles. The number of halogens is 1. The van der Waals surface area contributed by atoms with E-state index < -0.39 is 5.97 Å². The van der Waals surface area contributed by atoms with Gasteiger partial charge in [-0.2, -0.15) is 5.26 Å². The number of nitriles is 1. The van der Waals surface area contributed by atoms with Crippen molar-refractivity contribution in [1.82, 2.24) is 0 Å². The van der Waals surface area contributed by atoms with E-state index in [1.54, 1.807) is 55.5 Å². The summed E-state index contributed by atoms with van der Waals surface area (Å²) in [5, 5.41) is 19.6. The normalized spacial score (nSPS) is 11.7. The summed E-state index contributed by atoms with van der Waals surface area (Å²) in [4.78, 5) is 16.3. The molecule has 0 aliphatic heterocycles. The standard InChI is InChI=1S/C19H15ClN2O3/c1-2-25-19(24)16(18(23)15-5-3-4-6-17(15)20)12-22-14-9-7-13(11-21)8-10-14/h3-10,12,23H,2H2,1H3. The molecule has 2 aromatic rings. The van der Waals surface area contributed by atoms with Gasteiger partial charge in [-0.15, -0.1) is 0 Å². The highest BCUT2D eigenvalue weighted by atomic mass is 35.5. The number of benzene rings is 2. The molecule has 1 N–H and O–H groups in total. The van der Waals surface area contributed by atoms with E-state index in [9.17, 15) is 9.90 Å². The molecule has 0 radical (unpaired) electrons. The van der Waals surface area contributed by atoms with Gasteiger partial charge in [0.1, 0.15) is 11.3 Å². The highest BCUT2D eigenvalue weighted by molar-refractivity contribution is 6.32. The summed E-state index contributed by atoms with van der Waals surface area (Å²) in [6.45, 7) is 1.82. The number of hydrogen-bond donors (Lipinski definition) is 1. The van der Waals surface area contributed by atoms with Crippen molar-refractivity contribution in [3.63, 3.8) is 0 Å². The smallest absolute Gasteiger partial charge is 0.343 e. The molecule has 0 saturated carbocycles. The SMILES string of the molecule is CCOC(=O)C(C=Nc1ccc(C#N)cc1)=C(O)c1ccccc1Cl. The Kier molecular flexibility index (Phi) is 6.33. The Morgan fingerprint density at radius 3 is 2.56 bits per heavy atom. The third-order valence-corrected chi connectivity index (χ3v) is 3.55. The summed E-state index contributed by atoms with van der Waals surface area (Å²) < 4.78 is 4.98. The van der Waals surface area contributed by atoms with Crippen LogP contribution in [0.2, 0.25) is 5.02 Å². The van der Waals surface area contributed by atoms with Gasteiger partial charge in [0, 0.05) is 11.8 Å². The maximum absolute atomic E-state index is 12.2. The number of nitrogens with zero attached hydrogens (tertiary/aromatic N) is 2. The van der Waals surface area contributed by atoms with Crippen LogP contribution < -0.4 is 0 Å². The van der Waals surface area contributed by atoms with Gasteiger partial charge in [-0.3, -0.25) is 4.99 Å². The predicted molar refractivity (Wildman–Crippen MR) is 96.9 cm³/mol. The Balaban J connectivity index is 2.44. The summed E-state index contributed by atoms with van der Waals surface area (Å²) in [6.07, 6.45) is 1.22. The maximum atomic E-state index is 12.2. The first-order valence-electron chi connectivity index (χ1n) is 7.46. The van der Waals surface area contributed by atoms with Crippen molar-refractivity contribution >= 4 is 35.2 Å². The Morgan fingerprint density at radius 1 is 1.28 bits per heavy atom. The van der Waals surface area contributed by atoms with E-state index in [0.717, 1.165) is 0 Å². The van der Waals surface area contributed by atoms with E-state index in [2.05, 4.69) is 4.99 Å². The topological polar surface area (TPSA) is 82.7 Å². The number of hydrogen-bond acceptors (Lipinski definition) is 5. The quantitative estimate of drug-likeness (QED) is 0.372. The van der Waals surface area contributed by atoms with E-state index in [0.29, 0.717) is 21.8 Å². The lowest BCUT2D eigenvalue weighted by Gasteiger charge is -2.08. The van der Waals surface area contributed by atoms with Crippen LogP contribution in [0.3, 0.4) is 0 Å². The third kappa shape index (κ3) is 4.69. The lowest BCUT2D eigenvalue weighted by atomic mass is 10.1. The number of carbonyl (C=O) groups is 1. The average Bonchev–Trinajstić information content (AvgIpc) is 2.63. The van der Waals surface area contributed by atoms with Crippen LogP contribution in [0.1, 0.15) is 18.1 Å². The van der Waals surface area contributed by atoms with Crippen molar-refractivity contribution in [2.24, 2.45) is 4.99 Å². The highest BCUT2D eigenvalue weighted by Crippen LogP contribution is 2.25. The van der Waals surface area contributed by atoms with Gasteiger partial charge in [0.15, 0.2) is 0 Å². The summed E-state index contributed by atoms with van der Waals surface area (Å²) in [5.41, 5.74) is 1.21. The fourth-order valence-corrected chi connectivity index (χ4v) is 2.20. The number of esters is 1. The molecule has 2 rings (SSSR count). The molecule has 25 heavy (non-hydrogen) atoms. The monoisotopic (exact) mass is 354 g/mol. The molecule has 0 aliphatic carbocycles. The highest BCUT2D eigenvalue weighted by Gasteiger charge is 2.17. The van der Waals surface area contributed by atoms with Crippen LogP contribution >= 0.6 is 11.6 Å². The molecule has 0 saturated heterocycles. The minimum Gasteiger partial charge on any atom is -0.506 e. The van der Waals surface area contributed by atoms with Crippen molar-refractivity contribution in [3.05, 3.63) is 70.3 Å². The number of ether oxygens (including phenoxy) is 1. The van der Waals surface area contributed by atoms with E-state index in [1.807, 2.05) is 6.07 Å². The van der Waals surface area contributed by atoms with Crippen molar-refractivity contribution in [2.45, 2.75) is 6.92 Å². The maximum Gasteiger partial charge on any atom is 0.343 e. The molecule has 0 bridgehead atoms. The zero-order chi connectivity index (χ0) is 18.2. The first kappa shape index (κ1) is 18.2. The lowest BCUT2D eigenvalue weighted by molar-refractivity contribution is -0.137. The first-order valence-corrected chi connectivity index (χ1v) is 7.84. The van der Waals surface area contributed by atoms with Crippen molar-refractivity contribution in [3.8, 4) is 6.07 Å². The number of carbonyl (C=O) groups excluding carboxylic acids is 1. The van der Waals surface area contributed by atoms with Crippen LogP contribution in [0.5, 0.6) is 0 Å². The van der Waals surface area contributed by atoms with Gasteiger partial charge in [-0.1, -0.05) is 23.7 Å². The zero-order valence-electron chi connectivity index (χ0n) is 13.4. The number of aliphatic hydroxyl groups excluding tert-OH is 1. The first-order chi connectivity index (χ1) is 12.1. The molecule has 126 valence electrons.